The summed E-state index contributed by atoms with van der Waals surface area (Å²) in [6.45, 7) is 2.34. The van der Waals surface area contributed by atoms with Gasteiger partial charge in [0.2, 0.25) is 15.9 Å². The van der Waals surface area contributed by atoms with E-state index in [2.05, 4.69) is 5.32 Å². The fraction of sp³-hybridized carbons (Fsp3) is 0.263. The molecule has 164 valence electrons. The van der Waals surface area contributed by atoms with Crippen LogP contribution in [0, 0.1) is 10.1 Å². The van der Waals surface area contributed by atoms with Crippen molar-refractivity contribution in [3.05, 3.63) is 63.2 Å². The number of benzene rings is 2. The predicted octanol–water partition coefficient (Wildman–Crippen LogP) is 2.35. The van der Waals surface area contributed by atoms with E-state index >= 15 is 0 Å². The Labute approximate surface area is 183 Å². The number of sulfonamides is 1. The minimum Gasteiger partial charge on any atom is -0.340 e. The van der Waals surface area contributed by atoms with Gasteiger partial charge in [0.1, 0.15) is 5.02 Å². The van der Waals surface area contributed by atoms with Gasteiger partial charge in [0.15, 0.2) is 0 Å². The van der Waals surface area contributed by atoms with Crippen LogP contribution in [0.1, 0.15) is 17.3 Å². The highest BCUT2D eigenvalue weighted by molar-refractivity contribution is 7.89. The third kappa shape index (κ3) is 5.01. The number of nitro benzene ring substituents is 1. The lowest BCUT2D eigenvalue weighted by Gasteiger charge is -2.33. The molecule has 1 aliphatic heterocycles. The van der Waals surface area contributed by atoms with Crippen molar-refractivity contribution in [1.29, 1.82) is 0 Å². The summed E-state index contributed by atoms with van der Waals surface area (Å²) in [5.41, 5.74) is -0.142. The summed E-state index contributed by atoms with van der Waals surface area (Å²) >= 11 is 5.77. The summed E-state index contributed by atoms with van der Waals surface area (Å²) in [7, 11) is -3.86. The Morgan fingerprint density at radius 3 is 2.39 bits per heavy atom. The van der Waals surface area contributed by atoms with Crippen molar-refractivity contribution in [2.75, 3.05) is 31.5 Å². The lowest BCUT2D eigenvalue weighted by molar-refractivity contribution is -0.384. The molecule has 0 unspecified atom stereocenters. The molecule has 0 aromatic heterocycles. The SMILES string of the molecule is CC(=O)N1CCN(S(=O)(=O)c2cccc(C(=O)Nc3ccc(Cl)c([N+](=O)[O-])c3)c2)CC1. The minimum atomic E-state index is -3.86. The van der Waals surface area contributed by atoms with Crippen LogP contribution in [-0.4, -0.2) is 60.5 Å². The van der Waals surface area contributed by atoms with E-state index in [1.165, 1.54) is 47.6 Å². The molecule has 2 aromatic rings. The number of rotatable bonds is 5. The second-order valence-corrected chi connectivity index (χ2v) is 9.16. The van der Waals surface area contributed by atoms with Crippen molar-refractivity contribution >= 4 is 44.8 Å². The Hall–Kier alpha value is -3.02. The quantitative estimate of drug-likeness (QED) is 0.531. The first kappa shape index (κ1) is 22.7. The Morgan fingerprint density at radius 2 is 1.77 bits per heavy atom. The maximum atomic E-state index is 13.0. The molecule has 1 saturated heterocycles. The molecule has 1 aliphatic rings. The average Bonchev–Trinajstić information content (AvgIpc) is 2.75. The van der Waals surface area contributed by atoms with Gasteiger partial charge < -0.3 is 10.2 Å². The van der Waals surface area contributed by atoms with Crippen molar-refractivity contribution in [3.8, 4) is 0 Å². The number of halogens is 1. The fourth-order valence-corrected chi connectivity index (χ4v) is 4.78. The third-order valence-corrected chi connectivity index (χ3v) is 7.03. The van der Waals surface area contributed by atoms with Crippen molar-refractivity contribution in [3.63, 3.8) is 0 Å². The topological polar surface area (TPSA) is 130 Å². The van der Waals surface area contributed by atoms with E-state index in [9.17, 15) is 28.1 Å². The monoisotopic (exact) mass is 466 g/mol. The number of amides is 2. The van der Waals surface area contributed by atoms with Crippen molar-refractivity contribution in [2.45, 2.75) is 11.8 Å². The van der Waals surface area contributed by atoms with E-state index in [0.717, 1.165) is 6.07 Å². The van der Waals surface area contributed by atoms with Crippen LogP contribution in [0.4, 0.5) is 11.4 Å². The molecule has 0 radical (unpaired) electrons. The first-order chi connectivity index (χ1) is 14.6. The average molecular weight is 467 g/mol. The van der Waals surface area contributed by atoms with Crippen LogP contribution in [0.5, 0.6) is 0 Å². The van der Waals surface area contributed by atoms with E-state index in [1.54, 1.807) is 4.90 Å². The van der Waals surface area contributed by atoms with Gasteiger partial charge >= 0.3 is 0 Å². The fourth-order valence-electron chi connectivity index (χ4n) is 3.12. The largest absolute Gasteiger partial charge is 0.340 e. The lowest BCUT2D eigenvalue weighted by atomic mass is 10.2. The summed E-state index contributed by atoms with van der Waals surface area (Å²) in [4.78, 5) is 35.9. The standard InChI is InChI=1S/C19H19ClN4O6S/c1-13(25)22-7-9-23(10-8-22)31(29,30)16-4-2-3-14(11-16)19(26)21-15-5-6-17(20)18(12-15)24(27)28/h2-6,11-12H,7-10H2,1H3,(H,21,26). The van der Waals surface area contributed by atoms with Gasteiger partial charge in [0.05, 0.1) is 9.82 Å². The van der Waals surface area contributed by atoms with Crippen LogP contribution < -0.4 is 5.32 Å². The van der Waals surface area contributed by atoms with Gasteiger partial charge in [-0.2, -0.15) is 4.31 Å². The van der Waals surface area contributed by atoms with E-state index in [0.29, 0.717) is 13.1 Å². The number of nitrogens with zero attached hydrogens (tertiary/aromatic N) is 3. The van der Waals surface area contributed by atoms with Crippen molar-refractivity contribution in [1.82, 2.24) is 9.21 Å². The Bertz CT molecular complexity index is 1150. The predicted molar refractivity (Wildman–Crippen MR) is 114 cm³/mol. The summed E-state index contributed by atoms with van der Waals surface area (Å²) < 4.78 is 27.2. The minimum absolute atomic E-state index is 0.0569. The molecule has 3 rings (SSSR count). The molecule has 12 heteroatoms. The van der Waals surface area contributed by atoms with Crippen LogP contribution in [0.25, 0.3) is 0 Å². The molecule has 0 spiro atoms. The number of carbonyl (C=O) groups excluding carboxylic acids is 2. The number of carbonyl (C=O) groups is 2. The summed E-state index contributed by atoms with van der Waals surface area (Å²) in [6, 6.07) is 9.32. The first-order valence-electron chi connectivity index (χ1n) is 9.20. The van der Waals surface area contributed by atoms with Crippen LogP contribution in [0.2, 0.25) is 5.02 Å². The zero-order valence-electron chi connectivity index (χ0n) is 16.4. The smallest absolute Gasteiger partial charge is 0.289 e. The molecule has 1 heterocycles. The summed E-state index contributed by atoms with van der Waals surface area (Å²) in [5, 5.41) is 13.4. The van der Waals surface area contributed by atoms with Crippen LogP contribution in [-0.2, 0) is 14.8 Å². The molecule has 2 aromatic carbocycles. The Balaban J connectivity index is 1.78. The first-order valence-corrected chi connectivity index (χ1v) is 11.0. The molecule has 0 atom stereocenters. The van der Waals surface area contributed by atoms with Gasteiger partial charge in [-0.05, 0) is 30.3 Å². The second-order valence-electron chi connectivity index (χ2n) is 6.82. The van der Waals surface area contributed by atoms with Gasteiger partial charge in [0, 0.05) is 50.4 Å². The number of nitro groups is 1. The van der Waals surface area contributed by atoms with E-state index < -0.39 is 20.9 Å². The van der Waals surface area contributed by atoms with Gasteiger partial charge in [-0.25, -0.2) is 8.42 Å². The third-order valence-electron chi connectivity index (χ3n) is 4.82. The normalized spacial score (nSPS) is 14.8. The Morgan fingerprint density at radius 1 is 1.10 bits per heavy atom. The van der Waals surface area contributed by atoms with Gasteiger partial charge in [-0.15, -0.1) is 0 Å². The molecule has 1 N–H and O–H groups in total. The van der Waals surface area contributed by atoms with E-state index in [-0.39, 0.29) is 45.9 Å². The van der Waals surface area contributed by atoms with Gasteiger partial charge in [-0.3, -0.25) is 19.7 Å². The molecule has 31 heavy (non-hydrogen) atoms. The van der Waals surface area contributed by atoms with E-state index in [1.807, 2.05) is 0 Å². The highest BCUT2D eigenvalue weighted by Gasteiger charge is 2.29. The number of nitrogens with one attached hydrogen (secondary N) is 1. The van der Waals surface area contributed by atoms with Crippen LogP contribution >= 0.6 is 11.6 Å². The zero-order valence-corrected chi connectivity index (χ0v) is 18.0. The molecular formula is C19H19ClN4O6S. The van der Waals surface area contributed by atoms with Gasteiger partial charge in [-0.1, -0.05) is 17.7 Å². The molecule has 0 aliphatic carbocycles. The molecule has 0 bridgehead atoms. The highest BCUT2D eigenvalue weighted by Crippen LogP contribution is 2.28. The number of piperazine rings is 1. The molecule has 1 fully saturated rings. The number of hydrogen-bond donors (Lipinski definition) is 1. The Kier molecular flexibility index (Phi) is 6.58. The molecule has 10 nitrogen and oxygen atoms in total. The number of anilines is 1. The molecule has 0 saturated carbocycles. The lowest BCUT2D eigenvalue weighted by Crippen LogP contribution is -2.49. The number of hydrogen-bond acceptors (Lipinski definition) is 6. The zero-order chi connectivity index (χ0) is 22.8. The molecular weight excluding hydrogens is 448 g/mol. The van der Waals surface area contributed by atoms with Crippen LogP contribution in [0.3, 0.4) is 0 Å². The van der Waals surface area contributed by atoms with Gasteiger partial charge in [0.25, 0.3) is 11.6 Å². The van der Waals surface area contributed by atoms with Crippen molar-refractivity contribution < 1.29 is 22.9 Å². The van der Waals surface area contributed by atoms with Crippen molar-refractivity contribution in [2.24, 2.45) is 0 Å². The van der Waals surface area contributed by atoms with E-state index in [4.69, 9.17) is 11.6 Å². The van der Waals surface area contributed by atoms with Crippen LogP contribution in [0.15, 0.2) is 47.4 Å². The second kappa shape index (κ2) is 9.00. The summed E-state index contributed by atoms with van der Waals surface area (Å²) in [5.74, 6) is -0.742. The summed E-state index contributed by atoms with van der Waals surface area (Å²) in [6.07, 6.45) is 0. The molecule has 2 amide bonds. The maximum absolute atomic E-state index is 13.0. The highest BCUT2D eigenvalue weighted by atomic mass is 35.5. The maximum Gasteiger partial charge on any atom is 0.289 e.